The van der Waals surface area contributed by atoms with Gasteiger partial charge < -0.3 is 0 Å². The maximum atomic E-state index is 13.4. The Morgan fingerprint density at radius 1 is 1.04 bits per heavy atom. The highest BCUT2D eigenvalue weighted by Gasteiger charge is 2.62. The zero-order chi connectivity index (χ0) is 18.2. The van der Waals surface area contributed by atoms with Gasteiger partial charge in [0, 0.05) is 4.47 Å². The van der Waals surface area contributed by atoms with Crippen molar-refractivity contribution in [2.24, 2.45) is 23.7 Å². The van der Waals surface area contributed by atoms with E-state index in [2.05, 4.69) is 15.9 Å². The van der Waals surface area contributed by atoms with Crippen molar-refractivity contribution in [1.29, 1.82) is 0 Å². The molecule has 1 aromatic carbocycles. The zero-order valence-electron chi connectivity index (χ0n) is 15.3. The van der Waals surface area contributed by atoms with E-state index in [4.69, 9.17) is 0 Å². The number of rotatable bonds is 2. The molecule has 138 valence electrons. The van der Waals surface area contributed by atoms with Gasteiger partial charge in [-0.1, -0.05) is 12.1 Å². The fourth-order valence-corrected chi connectivity index (χ4v) is 6.81. The standard InChI is InChI=1S/C21H25BrN2O2/c1-21(2)20(26)23(24(21)19(25)16-5-3-4-6-17(16)22)18-14-8-12-7-13(10-14)11-15(18)9-12/h3-6,12-15,18H,7-11H2,1-2H3. The molecule has 5 aliphatic rings. The Balaban J connectivity index is 1.49. The van der Waals surface area contributed by atoms with E-state index in [1.165, 1.54) is 32.1 Å². The van der Waals surface area contributed by atoms with Crippen LogP contribution < -0.4 is 0 Å². The first kappa shape index (κ1) is 16.8. The van der Waals surface area contributed by atoms with Gasteiger partial charge in [0.15, 0.2) is 0 Å². The van der Waals surface area contributed by atoms with Gasteiger partial charge in [0.25, 0.3) is 11.8 Å². The van der Waals surface area contributed by atoms with E-state index in [-0.39, 0.29) is 17.9 Å². The minimum Gasteiger partial charge on any atom is -0.270 e. The van der Waals surface area contributed by atoms with E-state index in [1.54, 1.807) is 5.01 Å². The highest BCUT2D eigenvalue weighted by atomic mass is 79.9. The summed E-state index contributed by atoms with van der Waals surface area (Å²) in [4.78, 5) is 26.4. The molecule has 5 fully saturated rings. The van der Waals surface area contributed by atoms with Crippen molar-refractivity contribution in [2.45, 2.75) is 57.5 Å². The molecular weight excluding hydrogens is 392 g/mol. The van der Waals surface area contributed by atoms with E-state index in [1.807, 2.05) is 43.1 Å². The van der Waals surface area contributed by atoms with Crippen LogP contribution in [0.5, 0.6) is 0 Å². The second kappa shape index (κ2) is 5.57. The summed E-state index contributed by atoms with van der Waals surface area (Å²) in [5.74, 6) is 2.88. The van der Waals surface area contributed by atoms with Crippen molar-refractivity contribution in [3.63, 3.8) is 0 Å². The largest absolute Gasteiger partial charge is 0.274 e. The average molecular weight is 417 g/mol. The molecular formula is C21H25BrN2O2. The first-order valence-corrected chi connectivity index (χ1v) is 10.6. The Morgan fingerprint density at radius 2 is 1.62 bits per heavy atom. The smallest absolute Gasteiger partial charge is 0.270 e. The molecule has 1 saturated heterocycles. The van der Waals surface area contributed by atoms with Crippen molar-refractivity contribution in [2.75, 3.05) is 0 Å². The van der Waals surface area contributed by atoms with Gasteiger partial charge in [-0.05, 0) is 97.7 Å². The quantitative estimate of drug-likeness (QED) is 0.722. The number of amides is 2. The molecule has 4 bridgehead atoms. The number of nitrogens with zero attached hydrogens (tertiary/aromatic N) is 2. The maximum Gasteiger partial charge on any atom is 0.274 e. The first-order valence-electron chi connectivity index (χ1n) is 9.80. The number of carbonyl (C=O) groups excluding carboxylic acids is 2. The zero-order valence-corrected chi connectivity index (χ0v) is 16.9. The molecule has 0 spiro atoms. The molecule has 0 N–H and O–H groups in total. The average Bonchev–Trinajstić information content (AvgIpc) is 2.59. The van der Waals surface area contributed by atoms with Crippen molar-refractivity contribution < 1.29 is 9.59 Å². The molecule has 4 aliphatic carbocycles. The lowest BCUT2D eigenvalue weighted by atomic mass is 9.53. The number of carbonyl (C=O) groups is 2. The number of halogens is 1. The summed E-state index contributed by atoms with van der Waals surface area (Å²) in [6.07, 6.45) is 6.33. The number of hydrazine groups is 1. The molecule has 4 nitrogen and oxygen atoms in total. The maximum absolute atomic E-state index is 13.4. The minimum atomic E-state index is -0.763. The third kappa shape index (κ3) is 2.19. The van der Waals surface area contributed by atoms with Gasteiger partial charge in [-0.3, -0.25) is 9.59 Å². The van der Waals surface area contributed by atoms with Crippen LogP contribution in [0.1, 0.15) is 56.3 Å². The van der Waals surface area contributed by atoms with Crippen molar-refractivity contribution in [3.8, 4) is 0 Å². The number of hydrogen-bond acceptors (Lipinski definition) is 2. The Morgan fingerprint density at radius 3 is 2.19 bits per heavy atom. The summed E-state index contributed by atoms with van der Waals surface area (Å²) < 4.78 is 0.783. The molecule has 5 heteroatoms. The molecule has 1 aromatic rings. The summed E-state index contributed by atoms with van der Waals surface area (Å²) >= 11 is 3.50. The lowest BCUT2D eigenvalue weighted by Crippen LogP contribution is -2.80. The van der Waals surface area contributed by atoms with Crippen LogP contribution >= 0.6 is 15.9 Å². The van der Waals surface area contributed by atoms with Gasteiger partial charge in [0.05, 0.1) is 11.6 Å². The van der Waals surface area contributed by atoms with Gasteiger partial charge in [-0.2, -0.15) is 0 Å². The molecule has 2 amide bonds. The first-order chi connectivity index (χ1) is 12.4. The van der Waals surface area contributed by atoms with Crippen LogP contribution in [-0.2, 0) is 4.79 Å². The Kier molecular flexibility index (Phi) is 3.60. The molecule has 1 heterocycles. The summed E-state index contributed by atoms with van der Waals surface area (Å²) in [6.45, 7) is 3.74. The van der Waals surface area contributed by atoms with Gasteiger partial charge in [-0.25, -0.2) is 10.0 Å². The highest BCUT2D eigenvalue weighted by Crippen LogP contribution is 2.57. The number of hydrogen-bond donors (Lipinski definition) is 0. The van der Waals surface area contributed by atoms with Gasteiger partial charge in [0.2, 0.25) is 0 Å². The highest BCUT2D eigenvalue weighted by molar-refractivity contribution is 9.10. The Labute approximate surface area is 163 Å². The molecule has 0 aromatic heterocycles. The normalized spacial score (nSPS) is 37.0. The SMILES string of the molecule is CC1(C)C(=O)N(C2C3CC4CC(C3)CC2C4)N1C(=O)c1ccccc1Br. The van der Waals surface area contributed by atoms with Crippen LogP contribution in [0.2, 0.25) is 0 Å². The fourth-order valence-electron chi connectivity index (χ4n) is 6.35. The molecule has 0 radical (unpaired) electrons. The topological polar surface area (TPSA) is 40.6 Å². The summed E-state index contributed by atoms with van der Waals surface area (Å²) in [6, 6.07) is 7.72. The summed E-state index contributed by atoms with van der Waals surface area (Å²) in [5, 5.41) is 3.61. The Hall–Kier alpha value is -1.36. The van der Waals surface area contributed by atoms with E-state index in [9.17, 15) is 9.59 Å². The van der Waals surface area contributed by atoms with Crippen molar-refractivity contribution >= 4 is 27.7 Å². The lowest BCUT2D eigenvalue weighted by molar-refractivity contribution is -0.230. The van der Waals surface area contributed by atoms with Gasteiger partial charge in [-0.15, -0.1) is 0 Å². The second-order valence-corrected chi connectivity index (χ2v) is 10.1. The number of benzene rings is 1. The molecule has 1 aliphatic heterocycles. The van der Waals surface area contributed by atoms with Crippen LogP contribution in [0.4, 0.5) is 0 Å². The van der Waals surface area contributed by atoms with Crippen molar-refractivity contribution in [1.82, 2.24) is 10.0 Å². The fraction of sp³-hybridized carbons (Fsp3) is 0.619. The predicted molar refractivity (Wildman–Crippen MR) is 102 cm³/mol. The third-order valence-electron chi connectivity index (χ3n) is 7.23. The van der Waals surface area contributed by atoms with E-state index in [0.29, 0.717) is 17.4 Å². The van der Waals surface area contributed by atoms with Gasteiger partial charge in [0.1, 0.15) is 5.54 Å². The molecule has 0 unspecified atom stereocenters. The Bertz CT molecular complexity index is 762. The van der Waals surface area contributed by atoms with E-state index in [0.717, 1.165) is 16.3 Å². The minimum absolute atomic E-state index is 0.0733. The van der Waals surface area contributed by atoms with Crippen LogP contribution in [0.3, 0.4) is 0 Å². The third-order valence-corrected chi connectivity index (χ3v) is 7.92. The van der Waals surface area contributed by atoms with Crippen LogP contribution in [0.15, 0.2) is 28.7 Å². The van der Waals surface area contributed by atoms with E-state index < -0.39 is 5.54 Å². The van der Waals surface area contributed by atoms with Crippen LogP contribution in [-0.4, -0.2) is 33.4 Å². The predicted octanol–water partition coefficient (Wildman–Crippen LogP) is 4.25. The lowest BCUT2D eigenvalue weighted by Gasteiger charge is -2.65. The van der Waals surface area contributed by atoms with Crippen LogP contribution in [0, 0.1) is 23.7 Å². The molecule has 0 atom stereocenters. The van der Waals surface area contributed by atoms with Gasteiger partial charge >= 0.3 is 0 Å². The monoisotopic (exact) mass is 416 g/mol. The van der Waals surface area contributed by atoms with Crippen molar-refractivity contribution in [3.05, 3.63) is 34.3 Å². The molecule has 4 saturated carbocycles. The summed E-state index contributed by atoms with van der Waals surface area (Å²) in [7, 11) is 0. The molecule has 26 heavy (non-hydrogen) atoms. The van der Waals surface area contributed by atoms with E-state index >= 15 is 0 Å². The molecule has 6 rings (SSSR count). The second-order valence-electron chi connectivity index (χ2n) is 9.23. The summed E-state index contributed by atoms with van der Waals surface area (Å²) in [5.41, 5.74) is -0.136. The van der Waals surface area contributed by atoms with Crippen LogP contribution in [0.25, 0.3) is 0 Å².